The third-order valence-electron chi connectivity index (χ3n) is 7.75. The maximum atomic E-state index is 14.2. The monoisotopic (exact) mass is 597 g/mol. The van der Waals surface area contributed by atoms with Crippen LogP contribution < -0.4 is 10.1 Å². The van der Waals surface area contributed by atoms with Gasteiger partial charge in [-0.25, -0.2) is 0 Å². The third-order valence-corrected chi connectivity index (χ3v) is 7.75. The molecule has 0 saturated carbocycles. The molecule has 224 valence electrons. The van der Waals surface area contributed by atoms with Crippen molar-refractivity contribution < 1.29 is 24.0 Å². The van der Waals surface area contributed by atoms with E-state index in [9.17, 15) is 14.4 Å². The molecule has 0 saturated heterocycles. The summed E-state index contributed by atoms with van der Waals surface area (Å²) >= 11 is 0. The molecular weight excluding hydrogens is 566 g/mol. The highest BCUT2D eigenvalue weighted by Gasteiger charge is 2.37. The largest absolute Gasteiger partial charge is 0.455 e. The molecule has 4 aromatic carbocycles. The van der Waals surface area contributed by atoms with Crippen LogP contribution in [0.2, 0.25) is 0 Å². The zero-order valence-corrected chi connectivity index (χ0v) is 24.9. The van der Waals surface area contributed by atoms with Crippen LogP contribution in [0.15, 0.2) is 104 Å². The van der Waals surface area contributed by atoms with Crippen LogP contribution in [-0.4, -0.2) is 40.4 Å². The number of ether oxygens (including phenoxy) is 1. The lowest BCUT2D eigenvalue weighted by molar-refractivity contribution is -0.0968. The highest BCUT2D eigenvalue weighted by Crippen LogP contribution is 2.31. The fourth-order valence-electron chi connectivity index (χ4n) is 5.47. The number of nitrogens with one attached hydrogen (secondary N) is 1. The topological polar surface area (TPSA) is 97.8 Å². The molecule has 3 amide bonds. The van der Waals surface area contributed by atoms with Gasteiger partial charge in [-0.05, 0) is 67.3 Å². The first-order valence-electron chi connectivity index (χ1n) is 14.6. The number of hydroxylamine groups is 2. The summed E-state index contributed by atoms with van der Waals surface area (Å²) in [6.07, 6.45) is 3.64. The normalized spacial score (nSPS) is 13.1. The maximum Gasteiger partial charge on any atom is 0.285 e. The smallest absolute Gasteiger partial charge is 0.285 e. The molecule has 1 N–H and O–H groups in total. The fraction of sp³-hybridized carbons (Fsp3) is 0.135. The summed E-state index contributed by atoms with van der Waals surface area (Å²) in [6.45, 7) is 7.71. The summed E-state index contributed by atoms with van der Waals surface area (Å²) < 4.78 is 6.22. The second-order valence-corrected chi connectivity index (χ2v) is 10.9. The van der Waals surface area contributed by atoms with Crippen LogP contribution in [0.5, 0.6) is 11.5 Å². The minimum absolute atomic E-state index is 0.134. The van der Waals surface area contributed by atoms with Crippen LogP contribution in [0, 0.1) is 13.8 Å². The number of fused-ring (bicyclic) bond motifs is 2. The molecule has 0 fully saturated rings. The predicted molar refractivity (Wildman–Crippen MR) is 172 cm³/mol. The van der Waals surface area contributed by atoms with Crippen LogP contribution in [0.1, 0.15) is 53.3 Å². The summed E-state index contributed by atoms with van der Waals surface area (Å²) in [5.41, 5.74) is 5.52. The maximum absolute atomic E-state index is 14.2. The van der Waals surface area contributed by atoms with Gasteiger partial charge in [0, 0.05) is 5.39 Å². The first kappa shape index (κ1) is 29.5. The highest BCUT2D eigenvalue weighted by atomic mass is 16.7. The van der Waals surface area contributed by atoms with Crippen molar-refractivity contribution in [2.45, 2.75) is 26.3 Å². The van der Waals surface area contributed by atoms with E-state index in [0.717, 1.165) is 27.3 Å². The Morgan fingerprint density at radius 1 is 0.933 bits per heavy atom. The fourth-order valence-corrected chi connectivity index (χ4v) is 5.47. The SMILES string of the molecule is C=Cc1cccc(Oc2cnc3ccccc3c2C(=O)NC(CON2C(=O)c3ccccc3C2=O)Cc2ccc(C)cc2C)c1. The molecule has 0 spiro atoms. The van der Waals surface area contributed by atoms with Gasteiger partial charge in [-0.1, -0.05) is 78.9 Å². The molecule has 8 heteroatoms. The van der Waals surface area contributed by atoms with E-state index in [0.29, 0.717) is 28.6 Å². The number of pyridine rings is 1. The summed E-state index contributed by atoms with van der Waals surface area (Å²) in [6, 6.07) is 26.7. The third kappa shape index (κ3) is 6.09. The molecule has 1 aliphatic rings. The number of benzene rings is 4. The second kappa shape index (κ2) is 12.6. The van der Waals surface area contributed by atoms with Crippen molar-refractivity contribution in [1.82, 2.24) is 15.4 Å². The van der Waals surface area contributed by atoms with Gasteiger partial charge < -0.3 is 10.1 Å². The number of imide groups is 1. The number of hydrogen-bond donors (Lipinski definition) is 1. The molecule has 0 aliphatic carbocycles. The molecule has 5 aromatic rings. The van der Waals surface area contributed by atoms with E-state index >= 15 is 0 Å². The Kier molecular flexibility index (Phi) is 8.22. The van der Waals surface area contributed by atoms with Gasteiger partial charge in [0.25, 0.3) is 17.7 Å². The predicted octanol–water partition coefficient (Wildman–Crippen LogP) is 6.86. The minimum Gasteiger partial charge on any atom is -0.455 e. The number of nitrogens with zero attached hydrogens (tertiary/aromatic N) is 2. The van der Waals surface area contributed by atoms with E-state index < -0.39 is 23.8 Å². The zero-order chi connectivity index (χ0) is 31.5. The van der Waals surface area contributed by atoms with Gasteiger partial charge in [0.1, 0.15) is 5.75 Å². The quantitative estimate of drug-likeness (QED) is 0.177. The second-order valence-electron chi connectivity index (χ2n) is 10.9. The first-order valence-corrected chi connectivity index (χ1v) is 14.6. The van der Waals surface area contributed by atoms with Crippen molar-refractivity contribution in [2.24, 2.45) is 0 Å². The van der Waals surface area contributed by atoms with Gasteiger partial charge in [0.05, 0.1) is 41.1 Å². The van der Waals surface area contributed by atoms with Gasteiger partial charge in [-0.3, -0.25) is 24.2 Å². The van der Waals surface area contributed by atoms with E-state index in [1.807, 2.05) is 68.4 Å². The average molecular weight is 598 g/mol. The van der Waals surface area contributed by atoms with E-state index in [1.54, 1.807) is 36.4 Å². The molecule has 0 bridgehead atoms. The number of para-hydroxylation sites is 1. The van der Waals surface area contributed by atoms with E-state index in [4.69, 9.17) is 9.57 Å². The van der Waals surface area contributed by atoms with Crippen LogP contribution in [0.3, 0.4) is 0 Å². The summed E-state index contributed by atoms with van der Waals surface area (Å²) in [7, 11) is 0. The Morgan fingerprint density at radius 3 is 2.40 bits per heavy atom. The van der Waals surface area contributed by atoms with Gasteiger partial charge in [0.2, 0.25) is 0 Å². The van der Waals surface area contributed by atoms with E-state index in [2.05, 4.69) is 22.9 Å². The Hall–Kier alpha value is -5.60. The Bertz CT molecular complexity index is 1930. The average Bonchev–Trinajstić information content (AvgIpc) is 3.29. The van der Waals surface area contributed by atoms with Crippen molar-refractivity contribution in [3.63, 3.8) is 0 Å². The summed E-state index contributed by atoms with van der Waals surface area (Å²) in [5.74, 6) is -0.683. The van der Waals surface area contributed by atoms with Crippen molar-refractivity contribution in [2.75, 3.05) is 6.61 Å². The number of carbonyl (C=O) groups is 3. The lowest BCUT2D eigenvalue weighted by Crippen LogP contribution is -2.43. The number of aromatic nitrogens is 1. The van der Waals surface area contributed by atoms with Crippen LogP contribution in [-0.2, 0) is 11.3 Å². The lowest BCUT2D eigenvalue weighted by atomic mass is 9.99. The van der Waals surface area contributed by atoms with Gasteiger partial charge in [-0.15, -0.1) is 5.06 Å². The molecule has 2 heterocycles. The summed E-state index contributed by atoms with van der Waals surface area (Å²) in [4.78, 5) is 50.5. The molecule has 1 atom stereocenters. The summed E-state index contributed by atoms with van der Waals surface area (Å²) in [5, 5.41) is 4.48. The van der Waals surface area contributed by atoms with Crippen LogP contribution in [0.25, 0.3) is 17.0 Å². The minimum atomic E-state index is -0.618. The van der Waals surface area contributed by atoms with Gasteiger partial charge in [-0.2, -0.15) is 0 Å². The molecule has 0 radical (unpaired) electrons. The molecule has 1 aliphatic heterocycles. The lowest BCUT2D eigenvalue weighted by Gasteiger charge is -2.23. The van der Waals surface area contributed by atoms with Crippen molar-refractivity contribution >= 4 is 34.7 Å². The number of aryl methyl sites for hydroxylation is 2. The van der Waals surface area contributed by atoms with Crippen LogP contribution in [0.4, 0.5) is 0 Å². The number of hydrogen-bond acceptors (Lipinski definition) is 6. The molecular formula is C37H31N3O5. The molecule has 1 unspecified atom stereocenters. The Balaban J connectivity index is 1.32. The molecule has 6 rings (SSSR count). The van der Waals surface area contributed by atoms with Gasteiger partial charge >= 0.3 is 0 Å². The highest BCUT2D eigenvalue weighted by molar-refractivity contribution is 6.20. The Labute approximate surface area is 260 Å². The molecule has 45 heavy (non-hydrogen) atoms. The number of carbonyl (C=O) groups excluding carboxylic acids is 3. The number of amides is 3. The van der Waals surface area contributed by atoms with Crippen LogP contribution >= 0.6 is 0 Å². The molecule has 1 aromatic heterocycles. The van der Waals surface area contributed by atoms with Crippen molar-refractivity contribution in [3.05, 3.63) is 143 Å². The van der Waals surface area contributed by atoms with Gasteiger partial charge in [0.15, 0.2) is 5.75 Å². The van der Waals surface area contributed by atoms with Crippen molar-refractivity contribution in [3.8, 4) is 11.5 Å². The standard InChI is InChI=1S/C37H31N3O5/c1-4-25-10-9-11-28(19-25)45-33-21-38-32-15-8-7-14-31(32)34(33)35(41)39-27(20-26-17-16-23(2)18-24(26)3)22-44-40-36(42)29-12-5-6-13-30(29)37(40)43/h4-19,21,27H,1,20,22H2,2-3H3,(H,39,41). The molecule has 8 nitrogen and oxygen atoms in total. The first-order chi connectivity index (χ1) is 21.8. The Morgan fingerprint density at radius 2 is 1.67 bits per heavy atom. The zero-order valence-electron chi connectivity index (χ0n) is 24.9. The number of rotatable bonds is 10. The van der Waals surface area contributed by atoms with Crippen molar-refractivity contribution in [1.29, 1.82) is 0 Å². The van der Waals surface area contributed by atoms with E-state index in [1.165, 1.54) is 6.20 Å². The van der Waals surface area contributed by atoms with E-state index in [-0.39, 0.29) is 23.5 Å².